The zero-order valence-corrected chi connectivity index (χ0v) is 24.1. The van der Waals surface area contributed by atoms with Crippen LogP contribution in [0.15, 0.2) is 42.7 Å². The van der Waals surface area contributed by atoms with Crippen LogP contribution < -0.4 is 0 Å². The summed E-state index contributed by atoms with van der Waals surface area (Å²) in [6.07, 6.45) is 3.32. The van der Waals surface area contributed by atoms with Gasteiger partial charge in [0.05, 0.1) is 33.4 Å². The van der Waals surface area contributed by atoms with Crippen molar-refractivity contribution in [2.45, 2.75) is 76.6 Å². The van der Waals surface area contributed by atoms with Crippen LogP contribution in [0.1, 0.15) is 77.0 Å². The van der Waals surface area contributed by atoms with Gasteiger partial charge in [-0.3, -0.25) is 14.6 Å². The number of aliphatic carboxylic acids is 1. The fourth-order valence-electron chi connectivity index (χ4n) is 5.03. The van der Waals surface area contributed by atoms with Gasteiger partial charge in [-0.05, 0) is 69.9 Å². The van der Waals surface area contributed by atoms with Crippen molar-refractivity contribution in [3.63, 3.8) is 0 Å². The molecule has 0 saturated carbocycles. The van der Waals surface area contributed by atoms with Gasteiger partial charge >= 0.3 is 5.97 Å². The molecule has 4 atom stereocenters. The summed E-state index contributed by atoms with van der Waals surface area (Å²) >= 11 is 12.4. The minimum atomic E-state index is -3.43. The van der Waals surface area contributed by atoms with Crippen LogP contribution in [0.25, 0.3) is 0 Å². The van der Waals surface area contributed by atoms with E-state index in [2.05, 4.69) is 4.98 Å². The third-order valence-electron chi connectivity index (χ3n) is 7.22. The topological polar surface area (TPSA) is 105 Å². The molecule has 10 heteroatoms. The van der Waals surface area contributed by atoms with Crippen molar-refractivity contribution < 1.29 is 23.1 Å². The molecule has 2 heterocycles. The predicted octanol–water partition coefficient (Wildman–Crippen LogP) is 5.92. The second-order valence-electron chi connectivity index (χ2n) is 11.2. The molecule has 1 aromatic heterocycles. The highest BCUT2D eigenvalue weighted by molar-refractivity contribution is 7.92. The Hall–Kier alpha value is -2.16. The summed E-state index contributed by atoms with van der Waals surface area (Å²) in [5.74, 6) is -1.84. The van der Waals surface area contributed by atoms with Gasteiger partial charge in [-0.2, -0.15) is 0 Å². The van der Waals surface area contributed by atoms with Crippen molar-refractivity contribution in [1.29, 1.82) is 0 Å². The molecule has 2 aromatic rings. The highest BCUT2D eigenvalue weighted by Crippen LogP contribution is 2.52. The van der Waals surface area contributed by atoms with Crippen molar-refractivity contribution in [3.8, 4) is 0 Å². The van der Waals surface area contributed by atoms with Gasteiger partial charge in [-0.15, -0.1) is 0 Å². The van der Waals surface area contributed by atoms with Crippen LogP contribution in [0.2, 0.25) is 10.0 Å². The number of hydrogen-bond donors (Lipinski definition) is 1. The number of carboxylic acids is 1. The number of benzene rings is 1. The number of nitrogens with zero attached hydrogens (tertiary/aromatic N) is 2. The van der Waals surface area contributed by atoms with Gasteiger partial charge in [0.1, 0.15) is 0 Å². The molecule has 0 bridgehead atoms. The summed E-state index contributed by atoms with van der Waals surface area (Å²) in [5.41, 5.74) is 0.375. The van der Waals surface area contributed by atoms with Crippen LogP contribution in [0, 0.1) is 5.41 Å². The number of sulfone groups is 1. The Morgan fingerprint density at radius 3 is 2.32 bits per heavy atom. The maximum absolute atomic E-state index is 14.1. The van der Waals surface area contributed by atoms with Gasteiger partial charge in [0, 0.05) is 29.4 Å². The molecule has 1 fully saturated rings. The van der Waals surface area contributed by atoms with E-state index in [1.807, 2.05) is 19.1 Å². The largest absolute Gasteiger partial charge is 0.481 e. The zero-order chi connectivity index (χ0) is 27.8. The molecule has 1 N–H and O–H groups in total. The van der Waals surface area contributed by atoms with E-state index in [4.69, 9.17) is 23.2 Å². The van der Waals surface area contributed by atoms with Gasteiger partial charge < -0.3 is 10.0 Å². The standard InChI is InChI=1S/C27H34Cl2N2O5S/c1-17(10-11-37(35,36)26(2,3)4)31-24(18-6-8-20(28)9-7-18)22(19-12-21(29)16-30-15-19)13-27(5,25(31)34)14-23(32)33/h6-9,12,15-17,22,24H,10-11,13-14H2,1-5H3,(H,32,33)/t17-,22+,24+,27+/m0/s1. The van der Waals surface area contributed by atoms with Crippen LogP contribution in [0.3, 0.4) is 0 Å². The van der Waals surface area contributed by atoms with E-state index < -0.39 is 38.1 Å². The molecule has 1 aromatic carbocycles. The van der Waals surface area contributed by atoms with Crippen LogP contribution in [-0.4, -0.2) is 51.8 Å². The van der Waals surface area contributed by atoms with Gasteiger partial charge in [0.15, 0.2) is 9.84 Å². The van der Waals surface area contributed by atoms with Crippen molar-refractivity contribution in [3.05, 3.63) is 63.9 Å². The Kier molecular flexibility index (Phi) is 8.67. The number of halogens is 2. The minimum absolute atomic E-state index is 0.103. The van der Waals surface area contributed by atoms with Crippen molar-refractivity contribution in [2.75, 3.05) is 5.75 Å². The average Bonchev–Trinajstić information content (AvgIpc) is 2.78. The average molecular weight is 570 g/mol. The molecule has 202 valence electrons. The molecule has 0 unspecified atom stereocenters. The SMILES string of the molecule is C[C@@H](CCS(=O)(=O)C(C)(C)C)N1C(=O)[C@@](C)(CC(=O)O)C[C@H](c2cncc(Cl)c2)[C@H]1c1ccc(Cl)cc1. The van der Waals surface area contributed by atoms with E-state index >= 15 is 0 Å². The molecule has 0 spiro atoms. The first-order valence-electron chi connectivity index (χ1n) is 12.2. The van der Waals surface area contributed by atoms with Gasteiger partial charge in [0.25, 0.3) is 0 Å². The fraction of sp³-hybridized carbons (Fsp3) is 0.519. The summed E-state index contributed by atoms with van der Waals surface area (Å²) in [5, 5.41) is 10.7. The Labute approximate surface area is 229 Å². The van der Waals surface area contributed by atoms with Crippen molar-refractivity contribution >= 4 is 44.9 Å². The molecule has 37 heavy (non-hydrogen) atoms. The summed E-state index contributed by atoms with van der Waals surface area (Å²) in [6.45, 7) is 8.45. The van der Waals surface area contributed by atoms with E-state index in [-0.39, 0.29) is 36.8 Å². The van der Waals surface area contributed by atoms with E-state index in [0.717, 1.165) is 11.1 Å². The number of carboxylic acid groups (broad SMARTS) is 1. The third-order valence-corrected chi connectivity index (χ3v) is 10.3. The van der Waals surface area contributed by atoms with Crippen molar-refractivity contribution in [1.82, 2.24) is 9.88 Å². The molecule has 7 nitrogen and oxygen atoms in total. The molecule has 1 saturated heterocycles. The van der Waals surface area contributed by atoms with E-state index in [0.29, 0.717) is 10.0 Å². The summed E-state index contributed by atoms with van der Waals surface area (Å²) in [6, 6.07) is 7.96. The molecule has 1 aliphatic heterocycles. The molecular weight excluding hydrogens is 535 g/mol. The van der Waals surface area contributed by atoms with Crippen LogP contribution in [0.5, 0.6) is 0 Å². The third kappa shape index (κ3) is 6.47. The first kappa shape index (κ1) is 29.4. The van der Waals surface area contributed by atoms with E-state index in [1.165, 1.54) is 6.20 Å². The second kappa shape index (κ2) is 10.9. The fourth-order valence-corrected chi connectivity index (χ4v) is 6.60. The number of carbonyl (C=O) groups is 2. The summed E-state index contributed by atoms with van der Waals surface area (Å²) in [4.78, 5) is 31.9. The lowest BCUT2D eigenvalue weighted by atomic mass is 9.67. The molecule has 3 rings (SSSR count). The maximum atomic E-state index is 14.1. The molecule has 1 aliphatic rings. The zero-order valence-electron chi connectivity index (χ0n) is 21.7. The number of carbonyl (C=O) groups excluding carboxylic acids is 1. The Morgan fingerprint density at radius 2 is 1.78 bits per heavy atom. The number of pyridine rings is 1. The number of hydrogen-bond acceptors (Lipinski definition) is 5. The molecule has 0 aliphatic carbocycles. The number of amides is 1. The number of aromatic nitrogens is 1. The lowest BCUT2D eigenvalue weighted by molar-refractivity contribution is -0.160. The van der Waals surface area contributed by atoms with Gasteiger partial charge in [-0.25, -0.2) is 8.42 Å². The predicted molar refractivity (Wildman–Crippen MR) is 146 cm³/mol. The lowest BCUT2D eigenvalue weighted by Crippen LogP contribution is -2.55. The smallest absolute Gasteiger partial charge is 0.304 e. The first-order valence-corrected chi connectivity index (χ1v) is 14.6. The van der Waals surface area contributed by atoms with Gasteiger partial charge in [0.2, 0.25) is 5.91 Å². The second-order valence-corrected chi connectivity index (χ2v) is 14.9. The van der Waals surface area contributed by atoms with Crippen LogP contribution in [-0.2, 0) is 19.4 Å². The highest BCUT2D eigenvalue weighted by atomic mass is 35.5. The summed E-state index contributed by atoms with van der Waals surface area (Å²) in [7, 11) is -3.43. The first-order chi connectivity index (χ1) is 17.1. The minimum Gasteiger partial charge on any atom is -0.481 e. The Balaban J connectivity index is 2.16. The highest BCUT2D eigenvalue weighted by Gasteiger charge is 2.52. The Morgan fingerprint density at radius 1 is 1.16 bits per heavy atom. The normalized spacial score (nSPS) is 23.6. The van der Waals surface area contributed by atoms with Gasteiger partial charge in [-0.1, -0.05) is 42.3 Å². The van der Waals surface area contributed by atoms with Crippen LogP contribution >= 0.6 is 23.2 Å². The maximum Gasteiger partial charge on any atom is 0.304 e. The Bertz CT molecular complexity index is 1260. The summed E-state index contributed by atoms with van der Waals surface area (Å²) < 4.78 is 24.8. The monoisotopic (exact) mass is 568 g/mol. The van der Waals surface area contributed by atoms with Crippen LogP contribution in [0.4, 0.5) is 0 Å². The van der Waals surface area contributed by atoms with E-state index in [9.17, 15) is 23.1 Å². The molecular formula is C27H34Cl2N2O5S. The molecule has 0 radical (unpaired) electrons. The quantitative estimate of drug-likeness (QED) is 0.423. The van der Waals surface area contributed by atoms with Crippen molar-refractivity contribution in [2.24, 2.45) is 5.41 Å². The lowest BCUT2D eigenvalue weighted by Gasteiger charge is -2.51. The number of piperidine rings is 1. The number of likely N-dealkylation sites (tertiary alicyclic amines) is 1. The molecule has 1 amide bonds. The van der Waals surface area contributed by atoms with E-state index in [1.54, 1.807) is 57.0 Å². The number of rotatable bonds is 8.